The van der Waals surface area contributed by atoms with Crippen LogP contribution in [0.4, 0.5) is 0 Å². The number of fused-ring (bicyclic) bond motifs is 1. The number of nitrogens with one attached hydrogen (secondary N) is 1. The Morgan fingerprint density at radius 3 is 2.43 bits per heavy atom. The van der Waals surface area contributed by atoms with Gasteiger partial charge in [0.05, 0.1) is 7.05 Å². The third-order valence-electron chi connectivity index (χ3n) is 3.45. The second-order valence-electron chi connectivity index (χ2n) is 4.69. The molecule has 1 aromatic heterocycles. The summed E-state index contributed by atoms with van der Waals surface area (Å²) in [6.07, 6.45) is 0. The highest BCUT2D eigenvalue weighted by molar-refractivity contribution is 7.41. The van der Waals surface area contributed by atoms with Crippen LogP contribution in [0, 0.1) is 0 Å². The predicted molar refractivity (Wildman–Crippen MR) is 86.4 cm³/mol. The van der Waals surface area contributed by atoms with Crippen molar-refractivity contribution in [2.24, 2.45) is 7.05 Å². The average Bonchev–Trinajstić information content (AvgIpc) is 2.79. The number of aromatic nitrogens is 1. The maximum atomic E-state index is 12.3. The van der Waals surface area contributed by atoms with Gasteiger partial charge >= 0.3 is 5.56 Å². The molecule has 1 amide bonds. The molecule has 2 aromatic carbocycles. The lowest BCUT2D eigenvalue weighted by Gasteiger charge is -1.99. The molecule has 106 valence electrons. The van der Waals surface area contributed by atoms with Crippen LogP contribution in [-0.4, -0.2) is 16.9 Å². The van der Waals surface area contributed by atoms with Gasteiger partial charge in [-0.3, -0.25) is 9.59 Å². The zero-order valence-corrected chi connectivity index (χ0v) is 12.6. The fourth-order valence-electron chi connectivity index (χ4n) is 2.38. The quantitative estimate of drug-likeness (QED) is 0.740. The maximum absolute atomic E-state index is 12.3. The van der Waals surface area contributed by atoms with Crippen LogP contribution >= 0.6 is 10.7 Å². The first-order valence-electron chi connectivity index (χ1n) is 6.57. The number of carbonyl (C=O) groups is 1. The van der Waals surface area contributed by atoms with Gasteiger partial charge in [0, 0.05) is 30.8 Å². The summed E-state index contributed by atoms with van der Waals surface area (Å²) in [7, 11) is 3.01. The van der Waals surface area contributed by atoms with E-state index in [-0.39, 0.29) is 11.5 Å². The third kappa shape index (κ3) is 2.15. The Kier molecular flexibility index (Phi) is 3.35. The van der Waals surface area contributed by atoms with Gasteiger partial charge in [0.15, 0.2) is 0 Å². The normalized spacial score (nSPS) is 11.6. The van der Waals surface area contributed by atoms with Crippen LogP contribution in [0.15, 0.2) is 53.3 Å². The van der Waals surface area contributed by atoms with Crippen molar-refractivity contribution in [3.05, 3.63) is 64.4 Å². The summed E-state index contributed by atoms with van der Waals surface area (Å²) < 4.78 is 2.80. The molecule has 3 rings (SSSR count). The molecule has 0 bridgehead atoms. The first-order valence-corrected chi connectivity index (χ1v) is 7.75. The molecule has 3 aromatic rings. The van der Waals surface area contributed by atoms with Gasteiger partial charge in [-0.1, -0.05) is 12.1 Å². The number of nitrogens with zero attached hydrogens (tertiary/aromatic N) is 1. The second kappa shape index (κ2) is 5.18. The number of rotatable bonds is 2. The molecule has 1 unspecified atom stereocenters. The lowest BCUT2D eigenvalue weighted by atomic mass is 10.2. The van der Waals surface area contributed by atoms with E-state index in [0.29, 0.717) is 5.56 Å². The maximum Gasteiger partial charge on any atom is 0.304 e. The van der Waals surface area contributed by atoms with E-state index < -0.39 is 10.7 Å². The molecule has 0 spiro atoms. The zero-order chi connectivity index (χ0) is 15.0. The van der Waals surface area contributed by atoms with Gasteiger partial charge in [0.1, 0.15) is 16.1 Å². The minimum Gasteiger partial charge on any atom is -0.355 e. The summed E-state index contributed by atoms with van der Waals surface area (Å²) in [5, 5.41) is 3.36. The molecule has 21 heavy (non-hydrogen) atoms. The van der Waals surface area contributed by atoms with Gasteiger partial charge < -0.3 is 5.32 Å². The molecule has 0 aliphatic heterocycles. The molecular weight excluding hydrogens is 284 g/mol. The van der Waals surface area contributed by atoms with Crippen molar-refractivity contribution in [2.45, 2.75) is 0 Å². The molecule has 1 heterocycles. The molecule has 1 N–H and O–H groups in total. The Morgan fingerprint density at radius 2 is 1.76 bits per heavy atom. The molecule has 1 atom stereocenters. The minimum absolute atomic E-state index is 0.0457. The Hall–Kier alpha value is -2.40. The summed E-state index contributed by atoms with van der Waals surface area (Å²) in [6.45, 7) is 0. The largest absolute Gasteiger partial charge is 0.355 e. The number of carbonyl (C=O) groups excluding carboxylic acids is 1. The Balaban J connectivity index is 2.19. The van der Waals surface area contributed by atoms with Gasteiger partial charge in [-0.25, -0.2) is 0 Å². The Bertz CT molecular complexity index is 875. The standard InChI is InChI=1S/C16H14N2O2S/c1-17-15(19)11-7-9-12(10-8-11)21-14-6-4-3-5-13(14)16(20)18(21)2/h3-10H,1-2H3/p+1. The van der Waals surface area contributed by atoms with Crippen LogP contribution in [0.3, 0.4) is 0 Å². The van der Waals surface area contributed by atoms with Gasteiger partial charge in [-0.2, -0.15) is 0 Å². The number of hydrogen-bond donors (Lipinski definition) is 1. The van der Waals surface area contributed by atoms with Gasteiger partial charge in [0.2, 0.25) is 9.60 Å². The van der Waals surface area contributed by atoms with E-state index in [1.54, 1.807) is 23.1 Å². The highest BCUT2D eigenvalue weighted by Gasteiger charge is 2.23. The molecular formula is C16H15N2O2S+. The van der Waals surface area contributed by atoms with E-state index in [1.807, 2.05) is 43.4 Å². The van der Waals surface area contributed by atoms with Crippen LogP contribution in [0.1, 0.15) is 10.4 Å². The Labute approximate surface area is 124 Å². The third-order valence-corrected chi connectivity index (χ3v) is 5.66. The lowest BCUT2D eigenvalue weighted by molar-refractivity contribution is 0.0963. The number of hydrogen-bond acceptors (Lipinski definition) is 2. The molecule has 0 radical (unpaired) electrons. The number of amides is 1. The SMILES string of the molecule is CNC(=O)c1ccc(-[s+]2c3ccccc3c(=O)n2C)cc1. The molecule has 0 aliphatic carbocycles. The van der Waals surface area contributed by atoms with E-state index >= 15 is 0 Å². The monoisotopic (exact) mass is 299 g/mol. The highest BCUT2D eigenvalue weighted by atomic mass is 32.2. The van der Waals surface area contributed by atoms with E-state index in [0.717, 1.165) is 15.0 Å². The minimum atomic E-state index is -0.412. The van der Waals surface area contributed by atoms with Crippen molar-refractivity contribution < 1.29 is 4.79 Å². The van der Waals surface area contributed by atoms with Crippen molar-refractivity contribution in [3.8, 4) is 4.90 Å². The second-order valence-corrected chi connectivity index (χ2v) is 6.72. The molecule has 0 fully saturated rings. The summed E-state index contributed by atoms with van der Waals surface area (Å²) in [5.74, 6) is -0.110. The Morgan fingerprint density at radius 1 is 1.10 bits per heavy atom. The highest BCUT2D eigenvalue weighted by Crippen LogP contribution is 2.36. The summed E-state index contributed by atoms with van der Waals surface area (Å²) in [6, 6.07) is 15.1. The fourth-order valence-corrected chi connectivity index (χ4v) is 4.47. The van der Waals surface area contributed by atoms with Crippen molar-refractivity contribution >= 4 is 26.7 Å². The van der Waals surface area contributed by atoms with E-state index in [1.165, 1.54) is 0 Å². The van der Waals surface area contributed by atoms with Crippen LogP contribution in [0.25, 0.3) is 15.0 Å². The molecule has 0 saturated heterocycles. The van der Waals surface area contributed by atoms with Gasteiger partial charge in [-0.05, 0) is 18.2 Å². The van der Waals surface area contributed by atoms with Crippen LogP contribution in [0.5, 0.6) is 0 Å². The molecule has 4 nitrogen and oxygen atoms in total. The van der Waals surface area contributed by atoms with E-state index in [4.69, 9.17) is 0 Å². The van der Waals surface area contributed by atoms with Crippen LogP contribution in [-0.2, 0) is 7.05 Å². The summed E-state index contributed by atoms with van der Waals surface area (Å²) in [5.41, 5.74) is 0.663. The summed E-state index contributed by atoms with van der Waals surface area (Å²) in [4.78, 5) is 24.9. The topological polar surface area (TPSA) is 51.1 Å². The van der Waals surface area contributed by atoms with Crippen molar-refractivity contribution in [1.82, 2.24) is 9.27 Å². The smallest absolute Gasteiger partial charge is 0.304 e. The first-order chi connectivity index (χ1) is 10.1. The average molecular weight is 299 g/mol. The molecule has 5 heteroatoms. The predicted octanol–water partition coefficient (Wildman–Crippen LogP) is 2.64. The van der Waals surface area contributed by atoms with Crippen molar-refractivity contribution in [3.63, 3.8) is 0 Å². The van der Waals surface area contributed by atoms with E-state index in [2.05, 4.69) is 5.32 Å². The van der Waals surface area contributed by atoms with Crippen LogP contribution in [0.2, 0.25) is 0 Å². The molecule has 0 saturated carbocycles. The van der Waals surface area contributed by atoms with Gasteiger partial charge in [-0.15, -0.1) is 3.96 Å². The van der Waals surface area contributed by atoms with Crippen molar-refractivity contribution in [2.75, 3.05) is 7.05 Å². The number of benzene rings is 2. The van der Waals surface area contributed by atoms with Gasteiger partial charge in [0.25, 0.3) is 5.91 Å². The van der Waals surface area contributed by atoms with Crippen molar-refractivity contribution in [1.29, 1.82) is 0 Å². The first kappa shape index (κ1) is 13.6. The zero-order valence-electron chi connectivity index (χ0n) is 11.8. The van der Waals surface area contributed by atoms with Crippen LogP contribution < -0.4 is 10.9 Å². The summed E-state index contributed by atoms with van der Waals surface area (Å²) >= 11 is 0. The van der Waals surface area contributed by atoms with E-state index in [9.17, 15) is 9.59 Å². The fraction of sp³-hybridized carbons (Fsp3) is 0.125. The lowest BCUT2D eigenvalue weighted by Crippen LogP contribution is -2.17. The molecule has 0 aliphatic rings.